The van der Waals surface area contributed by atoms with Crippen molar-refractivity contribution < 1.29 is 24.2 Å². The van der Waals surface area contributed by atoms with Crippen molar-refractivity contribution in [2.45, 2.75) is 309 Å². The minimum absolute atomic E-state index is 0.0413. The topological polar surface area (TPSA) is 76.1 Å². The zero-order valence-corrected chi connectivity index (χ0v) is 44.3. The first-order valence-corrected chi connectivity index (χ1v) is 29.0. The van der Waals surface area contributed by atoms with Crippen molar-refractivity contribution in [2.75, 3.05) is 32.8 Å². The number of ether oxygens (including phenoxy) is 2. The highest BCUT2D eigenvalue weighted by atomic mass is 16.5. The molecule has 0 heterocycles. The van der Waals surface area contributed by atoms with Crippen LogP contribution in [-0.2, 0) is 19.1 Å². The number of allylic oxidation sites excluding steroid dienone is 4. The van der Waals surface area contributed by atoms with Crippen LogP contribution < -0.4 is 0 Å². The normalized spacial score (nSPS) is 12.1. The molecule has 0 aromatic carbocycles. The van der Waals surface area contributed by atoms with Gasteiger partial charge >= 0.3 is 11.9 Å². The van der Waals surface area contributed by atoms with E-state index in [1.807, 2.05) is 0 Å². The molecule has 0 aliphatic heterocycles. The summed E-state index contributed by atoms with van der Waals surface area (Å²) < 4.78 is 11.1. The number of carbonyl (C=O) groups is 2. The summed E-state index contributed by atoms with van der Waals surface area (Å²) in [6.45, 7) is 13.6. The highest BCUT2D eigenvalue weighted by molar-refractivity contribution is 5.69. The first kappa shape index (κ1) is 63.3. The van der Waals surface area contributed by atoms with Gasteiger partial charge in [0.05, 0.1) is 18.8 Å². The molecule has 0 amide bonds. The third-order valence-corrected chi connectivity index (χ3v) is 13.3. The van der Waals surface area contributed by atoms with E-state index in [9.17, 15) is 14.7 Å². The number of carbonyl (C=O) groups excluding carboxylic acids is 2. The number of hydrogen-bond acceptors (Lipinski definition) is 6. The second-order valence-corrected chi connectivity index (χ2v) is 20.0. The highest BCUT2D eigenvalue weighted by Crippen LogP contribution is 2.29. The molecular weight excluding hydrogens is 803 g/mol. The Kier molecular flexibility index (Phi) is 50.4. The fraction of sp³-hybridized carbons (Fsp3) is 0.898. The van der Waals surface area contributed by atoms with Gasteiger partial charge in [0.2, 0.25) is 0 Å². The standard InChI is InChI=1S/C59H113NO5/c1-5-9-11-13-15-17-19-21-23-25-27-29-31-33-39-47-57(61)64-55-45-37-35-41-49-59(63,51-43-44-54-60(52-7-3)53-8-4)50-42-36-38-46-56-65-58(62)48-40-34-32-30-28-26-24-22-20-18-16-14-12-10-6-2/h21-24,63H,5-20,25-56H2,1-4H3/b23-21-,24-22-. The van der Waals surface area contributed by atoms with Gasteiger partial charge in [-0.05, 0) is 142 Å². The Morgan fingerprint density at radius 1 is 0.369 bits per heavy atom. The van der Waals surface area contributed by atoms with Crippen molar-refractivity contribution in [3.63, 3.8) is 0 Å². The third kappa shape index (κ3) is 48.6. The average Bonchev–Trinajstić information content (AvgIpc) is 3.30. The van der Waals surface area contributed by atoms with Crippen LogP contribution in [0, 0.1) is 0 Å². The van der Waals surface area contributed by atoms with Gasteiger partial charge < -0.3 is 19.5 Å². The molecule has 65 heavy (non-hydrogen) atoms. The lowest BCUT2D eigenvalue weighted by Gasteiger charge is -2.29. The molecule has 0 aliphatic rings. The van der Waals surface area contributed by atoms with E-state index in [1.54, 1.807) is 0 Å². The van der Waals surface area contributed by atoms with Crippen molar-refractivity contribution in [1.29, 1.82) is 0 Å². The molecule has 0 unspecified atom stereocenters. The Hall–Kier alpha value is -1.66. The van der Waals surface area contributed by atoms with E-state index in [2.05, 4.69) is 56.9 Å². The summed E-state index contributed by atoms with van der Waals surface area (Å²) in [6, 6.07) is 0. The number of hydrogen-bond donors (Lipinski definition) is 1. The molecule has 0 saturated heterocycles. The molecule has 1 N–H and O–H groups in total. The molecule has 0 saturated carbocycles. The van der Waals surface area contributed by atoms with Crippen LogP contribution in [0.25, 0.3) is 0 Å². The molecule has 0 bridgehead atoms. The van der Waals surface area contributed by atoms with Crippen LogP contribution in [0.4, 0.5) is 0 Å². The predicted octanol–water partition coefficient (Wildman–Crippen LogP) is 18.1. The summed E-state index contributed by atoms with van der Waals surface area (Å²) in [7, 11) is 0. The molecule has 0 rings (SSSR count). The zero-order chi connectivity index (χ0) is 47.4. The number of nitrogens with zero attached hydrogens (tertiary/aromatic N) is 1. The summed E-state index contributed by atoms with van der Waals surface area (Å²) in [5, 5.41) is 11.8. The van der Waals surface area contributed by atoms with Crippen LogP contribution in [-0.4, -0.2) is 60.4 Å². The van der Waals surface area contributed by atoms with E-state index < -0.39 is 5.60 Å². The van der Waals surface area contributed by atoms with Crippen LogP contribution in [0.1, 0.15) is 304 Å². The molecule has 0 aromatic heterocycles. The van der Waals surface area contributed by atoms with Gasteiger partial charge in [-0.2, -0.15) is 0 Å². The lowest BCUT2D eigenvalue weighted by Crippen LogP contribution is -2.30. The number of esters is 2. The summed E-state index contributed by atoms with van der Waals surface area (Å²) in [4.78, 5) is 27.2. The van der Waals surface area contributed by atoms with Crippen LogP contribution in [0.2, 0.25) is 0 Å². The molecular formula is C59H113NO5. The molecule has 6 nitrogen and oxygen atoms in total. The Bertz CT molecular complexity index is 970. The number of aliphatic hydroxyl groups is 1. The first-order chi connectivity index (χ1) is 31.9. The van der Waals surface area contributed by atoms with Crippen molar-refractivity contribution in [3.8, 4) is 0 Å². The van der Waals surface area contributed by atoms with Gasteiger partial charge in [0.25, 0.3) is 0 Å². The van der Waals surface area contributed by atoms with E-state index in [4.69, 9.17) is 9.47 Å². The highest BCUT2D eigenvalue weighted by Gasteiger charge is 2.25. The van der Waals surface area contributed by atoms with E-state index in [0.29, 0.717) is 26.1 Å². The van der Waals surface area contributed by atoms with Crippen LogP contribution in [0.5, 0.6) is 0 Å². The van der Waals surface area contributed by atoms with E-state index in [-0.39, 0.29) is 11.9 Å². The van der Waals surface area contributed by atoms with Crippen LogP contribution in [0.15, 0.2) is 24.3 Å². The monoisotopic (exact) mass is 916 g/mol. The summed E-state index contributed by atoms with van der Waals surface area (Å²) in [6.07, 6.45) is 58.6. The summed E-state index contributed by atoms with van der Waals surface area (Å²) >= 11 is 0. The van der Waals surface area contributed by atoms with E-state index in [1.165, 1.54) is 154 Å². The minimum atomic E-state index is -0.604. The fourth-order valence-electron chi connectivity index (χ4n) is 9.15. The second kappa shape index (κ2) is 51.7. The second-order valence-electron chi connectivity index (χ2n) is 20.0. The molecule has 0 spiro atoms. The van der Waals surface area contributed by atoms with E-state index in [0.717, 1.165) is 129 Å². The minimum Gasteiger partial charge on any atom is -0.466 e. The smallest absolute Gasteiger partial charge is 0.305 e. The van der Waals surface area contributed by atoms with Gasteiger partial charge in [-0.15, -0.1) is 0 Å². The van der Waals surface area contributed by atoms with Crippen molar-refractivity contribution >= 4 is 11.9 Å². The lowest BCUT2D eigenvalue weighted by atomic mass is 9.85. The van der Waals surface area contributed by atoms with Gasteiger partial charge in [-0.1, -0.05) is 193 Å². The van der Waals surface area contributed by atoms with Crippen molar-refractivity contribution in [3.05, 3.63) is 24.3 Å². The largest absolute Gasteiger partial charge is 0.466 e. The fourth-order valence-corrected chi connectivity index (χ4v) is 9.15. The summed E-state index contributed by atoms with van der Waals surface area (Å²) in [5.74, 6) is -0.0827. The predicted molar refractivity (Wildman–Crippen MR) is 283 cm³/mol. The molecule has 0 atom stereocenters. The van der Waals surface area contributed by atoms with E-state index >= 15 is 0 Å². The molecule has 0 radical (unpaired) electrons. The first-order valence-electron chi connectivity index (χ1n) is 29.0. The number of unbranched alkanes of at least 4 members (excludes halogenated alkanes) is 29. The average molecular weight is 917 g/mol. The third-order valence-electron chi connectivity index (χ3n) is 13.3. The zero-order valence-electron chi connectivity index (χ0n) is 44.3. The lowest BCUT2D eigenvalue weighted by molar-refractivity contribution is -0.144. The quantitative estimate of drug-likeness (QED) is 0.0372. The van der Waals surface area contributed by atoms with Gasteiger partial charge in [0, 0.05) is 12.8 Å². The maximum atomic E-state index is 12.3. The van der Waals surface area contributed by atoms with Gasteiger partial charge in [0.1, 0.15) is 0 Å². The summed E-state index contributed by atoms with van der Waals surface area (Å²) in [5.41, 5.74) is -0.604. The SMILES string of the molecule is CCCCCCCC/C=C\CCCCCCCC(=O)OCCCCCCC(O)(CCCCCCOC(=O)CCCCCCC/C=C\CCCCCCCC)CCCCN(CCC)CCC. The van der Waals surface area contributed by atoms with Gasteiger partial charge in [0.15, 0.2) is 0 Å². The molecule has 0 aromatic rings. The molecule has 0 aliphatic carbocycles. The molecule has 0 fully saturated rings. The maximum absolute atomic E-state index is 12.3. The molecule has 384 valence electrons. The molecule has 6 heteroatoms. The van der Waals surface area contributed by atoms with Gasteiger partial charge in [-0.25, -0.2) is 0 Å². The Morgan fingerprint density at radius 3 is 1.05 bits per heavy atom. The maximum Gasteiger partial charge on any atom is 0.305 e. The van der Waals surface area contributed by atoms with Crippen LogP contribution in [0.3, 0.4) is 0 Å². The van der Waals surface area contributed by atoms with Gasteiger partial charge in [-0.3, -0.25) is 9.59 Å². The van der Waals surface area contributed by atoms with Crippen molar-refractivity contribution in [1.82, 2.24) is 4.90 Å². The van der Waals surface area contributed by atoms with Crippen molar-refractivity contribution in [2.24, 2.45) is 0 Å². The number of rotatable bonds is 53. The Labute approximate surface area is 406 Å². The van der Waals surface area contributed by atoms with Crippen LogP contribution >= 0.6 is 0 Å². The Morgan fingerprint density at radius 2 is 0.677 bits per heavy atom. The Balaban J connectivity index is 4.15.